The maximum absolute atomic E-state index is 9.45. The molecular formula is C14H17N7. The van der Waals surface area contributed by atoms with E-state index in [1.54, 1.807) is 6.33 Å². The SMILES string of the molecule is Cc1nnc(N2CCCC2Cn2cncn2)c(C#N)c1C. The Hall–Kier alpha value is -2.49. The molecule has 0 amide bonds. The molecule has 3 heterocycles. The van der Waals surface area contributed by atoms with E-state index in [2.05, 4.69) is 31.2 Å². The number of nitriles is 1. The summed E-state index contributed by atoms with van der Waals surface area (Å²) in [5.41, 5.74) is 2.35. The minimum Gasteiger partial charge on any atom is -0.349 e. The summed E-state index contributed by atoms with van der Waals surface area (Å²) in [4.78, 5) is 6.15. The molecule has 1 aliphatic rings. The predicted octanol–water partition coefficient (Wildman–Crippen LogP) is 1.23. The van der Waals surface area contributed by atoms with Crippen LogP contribution in [0, 0.1) is 25.2 Å². The van der Waals surface area contributed by atoms with Crippen LogP contribution >= 0.6 is 0 Å². The molecule has 1 atom stereocenters. The Balaban J connectivity index is 1.92. The molecular weight excluding hydrogens is 266 g/mol. The predicted molar refractivity (Wildman–Crippen MR) is 76.6 cm³/mol. The van der Waals surface area contributed by atoms with Gasteiger partial charge < -0.3 is 4.90 Å². The smallest absolute Gasteiger partial charge is 0.169 e. The lowest BCUT2D eigenvalue weighted by atomic mass is 10.1. The van der Waals surface area contributed by atoms with Gasteiger partial charge in [-0.15, -0.1) is 5.10 Å². The number of anilines is 1. The van der Waals surface area contributed by atoms with Crippen LogP contribution in [0.5, 0.6) is 0 Å². The first-order valence-corrected chi connectivity index (χ1v) is 7.03. The number of rotatable bonds is 3. The van der Waals surface area contributed by atoms with Crippen molar-refractivity contribution in [1.29, 1.82) is 5.26 Å². The molecule has 0 bridgehead atoms. The van der Waals surface area contributed by atoms with Gasteiger partial charge in [-0.2, -0.15) is 15.5 Å². The van der Waals surface area contributed by atoms with Crippen LogP contribution in [-0.2, 0) is 6.54 Å². The third-order valence-corrected chi connectivity index (χ3v) is 4.06. The molecule has 7 heteroatoms. The lowest BCUT2D eigenvalue weighted by Gasteiger charge is -2.26. The monoisotopic (exact) mass is 283 g/mol. The maximum atomic E-state index is 9.45. The van der Waals surface area contributed by atoms with Crippen molar-refractivity contribution in [2.75, 3.05) is 11.4 Å². The Labute approximate surface area is 123 Å². The molecule has 0 aromatic carbocycles. The van der Waals surface area contributed by atoms with E-state index < -0.39 is 0 Å². The first-order chi connectivity index (χ1) is 10.2. The lowest BCUT2D eigenvalue weighted by Crippen LogP contribution is -2.34. The van der Waals surface area contributed by atoms with E-state index in [-0.39, 0.29) is 6.04 Å². The van der Waals surface area contributed by atoms with Crippen LogP contribution in [0.4, 0.5) is 5.82 Å². The first-order valence-electron chi connectivity index (χ1n) is 7.03. The third kappa shape index (κ3) is 2.44. The van der Waals surface area contributed by atoms with Crippen molar-refractivity contribution < 1.29 is 0 Å². The molecule has 0 aliphatic carbocycles. The van der Waals surface area contributed by atoms with E-state index in [0.717, 1.165) is 37.2 Å². The summed E-state index contributed by atoms with van der Waals surface area (Å²) >= 11 is 0. The highest BCUT2D eigenvalue weighted by atomic mass is 15.4. The fraction of sp³-hybridized carbons (Fsp3) is 0.500. The minimum absolute atomic E-state index is 0.273. The van der Waals surface area contributed by atoms with Gasteiger partial charge in [-0.3, -0.25) is 4.68 Å². The van der Waals surface area contributed by atoms with E-state index in [1.165, 1.54) is 6.33 Å². The molecule has 108 valence electrons. The van der Waals surface area contributed by atoms with Gasteiger partial charge in [0.1, 0.15) is 24.3 Å². The second-order valence-corrected chi connectivity index (χ2v) is 5.33. The molecule has 2 aromatic heterocycles. The lowest BCUT2D eigenvalue weighted by molar-refractivity contribution is 0.505. The van der Waals surface area contributed by atoms with Crippen LogP contribution in [0.1, 0.15) is 29.7 Å². The van der Waals surface area contributed by atoms with Crippen LogP contribution in [0.3, 0.4) is 0 Å². The summed E-state index contributed by atoms with van der Waals surface area (Å²) < 4.78 is 1.82. The van der Waals surface area contributed by atoms with Gasteiger partial charge >= 0.3 is 0 Å². The first kappa shape index (κ1) is 13.5. The highest BCUT2D eigenvalue weighted by Crippen LogP contribution is 2.29. The van der Waals surface area contributed by atoms with Crippen molar-refractivity contribution in [3.8, 4) is 6.07 Å². The summed E-state index contributed by atoms with van der Waals surface area (Å²) in [6.07, 6.45) is 5.39. The highest BCUT2D eigenvalue weighted by molar-refractivity contribution is 5.58. The van der Waals surface area contributed by atoms with Crippen molar-refractivity contribution in [1.82, 2.24) is 25.0 Å². The van der Waals surface area contributed by atoms with Gasteiger partial charge in [-0.25, -0.2) is 4.98 Å². The number of aryl methyl sites for hydroxylation is 1. The van der Waals surface area contributed by atoms with Crippen molar-refractivity contribution in [3.63, 3.8) is 0 Å². The van der Waals surface area contributed by atoms with Crippen LogP contribution in [0.15, 0.2) is 12.7 Å². The number of hydrogen-bond donors (Lipinski definition) is 0. The number of aromatic nitrogens is 5. The van der Waals surface area contributed by atoms with Crippen molar-refractivity contribution >= 4 is 5.82 Å². The molecule has 0 saturated carbocycles. The van der Waals surface area contributed by atoms with Gasteiger partial charge in [-0.05, 0) is 32.3 Å². The maximum Gasteiger partial charge on any atom is 0.169 e. The Kier molecular flexibility index (Phi) is 3.52. The minimum atomic E-state index is 0.273. The molecule has 1 aliphatic heterocycles. The van der Waals surface area contributed by atoms with Gasteiger partial charge in [0.25, 0.3) is 0 Å². The second-order valence-electron chi connectivity index (χ2n) is 5.33. The Bertz CT molecular complexity index is 671. The van der Waals surface area contributed by atoms with Gasteiger partial charge in [0.05, 0.1) is 18.3 Å². The highest BCUT2D eigenvalue weighted by Gasteiger charge is 2.29. The standard InChI is InChI=1S/C14H17N7/c1-10-11(2)18-19-14(13(10)6-15)21-5-3-4-12(21)7-20-9-16-8-17-20/h8-9,12H,3-5,7H2,1-2H3. The number of hydrogen-bond acceptors (Lipinski definition) is 6. The summed E-state index contributed by atoms with van der Waals surface area (Å²) in [6.45, 7) is 5.45. The van der Waals surface area contributed by atoms with Crippen molar-refractivity contribution in [2.24, 2.45) is 0 Å². The summed E-state index contributed by atoms with van der Waals surface area (Å²) in [6, 6.07) is 2.56. The average molecular weight is 283 g/mol. The van der Waals surface area contributed by atoms with Gasteiger partial charge in [-0.1, -0.05) is 0 Å². The summed E-state index contributed by atoms with van der Waals surface area (Å²) in [5.74, 6) is 0.697. The number of nitrogens with zero attached hydrogens (tertiary/aromatic N) is 7. The van der Waals surface area contributed by atoms with Gasteiger partial charge in [0, 0.05) is 6.54 Å². The molecule has 21 heavy (non-hydrogen) atoms. The third-order valence-electron chi connectivity index (χ3n) is 4.06. The molecule has 7 nitrogen and oxygen atoms in total. The summed E-state index contributed by atoms with van der Waals surface area (Å²) in [7, 11) is 0. The zero-order valence-electron chi connectivity index (χ0n) is 12.2. The zero-order valence-corrected chi connectivity index (χ0v) is 12.2. The van der Waals surface area contributed by atoms with Crippen molar-refractivity contribution in [2.45, 2.75) is 39.3 Å². The van der Waals surface area contributed by atoms with E-state index in [0.29, 0.717) is 11.4 Å². The topological polar surface area (TPSA) is 83.5 Å². The van der Waals surface area contributed by atoms with Crippen LogP contribution in [-0.4, -0.2) is 37.5 Å². The van der Waals surface area contributed by atoms with Crippen LogP contribution in [0.25, 0.3) is 0 Å². The van der Waals surface area contributed by atoms with E-state index in [4.69, 9.17) is 0 Å². The van der Waals surface area contributed by atoms with Gasteiger partial charge in [0.15, 0.2) is 5.82 Å². The van der Waals surface area contributed by atoms with E-state index in [9.17, 15) is 5.26 Å². The quantitative estimate of drug-likeness (QED) is 0.842. The van der Waals surface area contributed by atoms with Crippen LogP contribution in [0.2, 0.25) is 0 Å². The molecule has 0 spiro atoms. The average Bonchev–Trinajstić information content (AvgIpc) is 3.14. The summed E-state index contributed by atoms with van der Waals surface area (Å²) in [5, 5.41) is 22.1. The molecule has 2 aromatic rings. The van der Waals surface area contributed by atoms with Gasteiger partial charge in [0.2, 0.25) is 0 Å². The molecule has 0 radical (unpaired) electrons. The van der Waals surface area contributed by atoms with E-state index >= 15 is 0 Å². The molecule has 1 fully saturated rings. The Morgan fingerprint density at radius 1 is 1.38 bits per heavy atom. The van der Waals surface area contributed by atoms with E-state index in [1.807, 2.05) is 18.5 Å². The van der Waals surface area contributed by atoms with Crippen molar-refractivity contribution in [3.05, 3.63) is 29.5 Å². The molecule has 1 unspecified atom stereocenters. The largest absolute Gasteiger partial charge is 0.349 e. The Morgan fingerprint density at radius 3 is 2.95 bits per heavy atom. The fourth-order valence-electron chi connectivity index (χ4n) is 2.78. The Morgan fingerprint density at radius 2 is 2.24 bits per heavy atom. The molecule has 3 rings (SSSR count). The zero-order chi connectivity index (χ0) is 14.8. The molecule has 0 N–H and O–H groups in total. The second kappa shape index (κ2) is 5.48. The fourth-order valence-corrected chi connectivity index (χ4v) is 2.78. The molecule has 1 saturated heterocycles. The van der Waals surface area contributed by atoms with Crippen LogP contribution < -0.4 is 4.90 Å². The normalized spacial score (nSPS) is 18.0.